The molecule has 0 saturated heterocycles. The van der Waals surface area contributed by atoms with E-state index in [-0.39, 0.29) is 55.2 Å². The van der Waals surface area contributed by atoms with Crippen molar-refractivity contribution >= 4 is 46.7 Å². The Morgan fingerprint density at radius 3 is 1.20 bits per heavy atom. The number of phenols is 1. The van der Waals surface area contributed by atoms with E-state index in [9.17, 15) is 28.8 Å². The van der Waals surface area contributed by atoms with Crippen LogP contribution < -0.4 is 4.74 Å². The number of hydrogen-bond acceptors (Lipinski definition) is 12. The molecular formula is C58H81ClO12. The lowest BCUT2D eigenvalue weighted by molar-refractivity contribution is -0.140. The monoisotopic (exact) mass is 1000 g/mol. The van der Waals surface area contributed by atoms with Gasteiger partial charge in [0.05, 0.1) is 43.5 Å². The number of esters is 5. The molecule has 6 rings (SSSR count). The summed E-state index contributed by atoms with van der Waals surface area (Å²) in [4.78, 5) is 69.2. The fourth-order valence-corrected chi connectivity index (χ4v) is 10.8. The van der Waals surface area contributed by atoms with Crippen LogP contribution in [-0.2, 0) is 38.1 Å². The first-order chi connectivity index (χ1) is 34.3. The summed E-state index contributed by atoms with van der Waals surface area (Å²) in [7, 11) is 0. The Bertz CT molecular complexity index is 1930. The number of unbranched alkanes of at least 4 members (excludes halogenated alkanes) is 2. The number of aromatic hydroxyl groups is 1. The molecule has 0 radical (unpaired) electrons. The molecular weight excluding hydrogens is 924 g/mol. The zero-order valence-electron chi connectivity index (χ0n) is 42.5. The van der Waals surface area contributed by atoms with E-state index in [1.54, 1.807) is 24.3 Å². The van der Waals surface area contributed by atoms with Crippen molar-refractivity contribution in [2.45, 2.75) is 155 Å². The number of ether oxygens (including phenoxy) is 5. The molecule has 2 aromatic carbocycles. The number of benzene rings is 2. The second-order valence-corrected chi connectivity index (χ2v) is 20.2. The standard InChI is InChI=1S/C29H40O6.C15H25ClO.C14H16O5/c1-3-21-7-9-22(10-8-21)23-11-13-25(14-12-23)29(32)35-26-17-15-24(16-18-26)28(31)34-20-6-5-19-33-27(30)4-2;1-2-11-3-5-12(6-4-11)13-7-9-14(10-8-13)15(16)17;1-2-13(16)18-9-3-4-10-19-14(17)11-5-7-12(15)8-6-11/h4,15-18,21-23,25H,2-3,5-14,19-20H2,1H3;11-14H,2-10H2,1H3;2,5-8,15H,1,3-4,9-10H2. The molecule has 1 N–H and O–H groups in total. The van der Waals surface area contributed by atoms with Crippen molar-refractivity contribution in [3.63, 3.8) is 0 Å². The van der Waals surface area contributed by atoms with E-state index in [0.717, 1.165) is 86.2 Å². The van der Waals surface area contributed by atoms with Crippen LogP contribution >= 0.6 is 11.6 Å². The van der Waals surface area contributed by atoms with Crippen molar-refractivity contribution in [1.29, 1.82) is 0 Å². The second kappa shape index (κ2) is 32.9. The van der Waals surface area contributed by atoms with Crippen molar-refractivity contribution in [2.24, 2.45) is 47.3 Å². The van der Waals surface area contributed by atoms with Gasteiger partial charge in [-0.15, -0.1) is 0 Å². The Balaban J connectivity index is 0.000000256. The SMILES string of the molecule is C=CC(=O)OCCCCOC(=O)c1ccc(O)cc1.C=CC(=O)OCCCCOC(=O)c1ccc(OC(=O)C2CCC(C3CCC(CC)CC3)CC2)cc1.CCC1CCC(C2CCC(C(=O)Cl)CC2)CC1. The molecule has 0 spiro atoms. The minimum Gasteiger partial charge on any atom is -0.508 e. The van der Waals surface area contributed by atoms with E-state index >= 15 is 0 Å². The number of rotatable bonds is 21. The largest absolute Gasteiger partial charge is 0.508 e. The first-order valence-corrected chi connectivity index (χ1v) is 26.9. The van der Waals surface area contributed by atoms with Crippen molar-refractivity contribution in [2.75, 3.05) is 26.4 Å². The van der Waals surface area contributed by atoms with E-state index in [4.69, 9.17) is 40.4 Å². The third-order valence-corrected chi connectivity index (χ3v) is 15.6. The Hall–Kier alpha value is -4.97. The highest BCUT2D eigenvalue weighted by Gasteiger charge is 2.34. The van der Waals surface area contributed by atoms with Gasteiger partial charge >= 0.3 is 29.8 Å². The normalized spacial score (nSPS) is 23.9. The minimum atomic E-state index is -0.458. The molecule has 0 atom stereocenters. The first-order valence-electron chi connectivity index (χ1n) is 26.6. The molecule has 71 heavy (non-hydrogen) atoms. The van der Waals surface area contributed by atoms with E-state index in [0.29, 0.717) is 42.6 Å². The smallest absolute Gasteiger partial charge is 0.338 e. The van der Waals surface area contributed by atoms with Crippen LogP contribution in [0.25, 0.3) is 0 Å². The lowest BCUT2D eigenvalue weighted by Gasteiger charge is -2.37. The number of halogens is 1. The summed E-state index contributed by atoms with van der Waals surface area (Å²) in [6.45, 7) is 12.3. The molecule has 4 aliphatic rings. The summed E-state index contributed by atoms with van der Waals surface area (Å²) in [5.41, 5.74) is 0.789. The number of carbonyl (C=O) groups excluding carboxylic acids is 6. The fourth-order valence-electron chi connectivity index (χ4n) is 10.6. The molecule has 0 unspecified atom stereocenters. The summed E-state index contributed by atoms with van der Waals surface area (Å²) in [5, 5.41) is 8.98. The number of phenolic OH excluding ortho intramolecular Hbond substituents is 1. The quantitative estimate of drug-likeness (QED) is 0.0314. The van der Waals surface area contributed by atoms with Crippen molar-refractivity contribution in [1.82, 2.24) is 0 Å². The highest BCUT2D eigenvalue weighted by Crippen LogP contribution is 2.43. The molecule has 13 heteroatoms. The summed E-state index contributed by atoms with van der Waals surface area (Å²) in [5.74, 6) is 4.10. The molecule has 0 heterocycles. The number of carbonyl (C=O) groups is 6. The van der Waals surface area contributed by atoms with Gasteiger partial charge in [0.15, 0.2) is 0 Å². The van der Waals surface area contributed by atoms with Crippen LogP contribution in [0.5, 0.6) is 11.5 Å². The molecule has 4 saturated carbocycles. The van der Waals surface area contributed by atoms with Gasteiger partial charge in [-0.3, -0.25) is 9.59 Å². The van der Waals surface area contributed by atoms with Gasteiger partial charge in [-0.25, -0.2) is 19.2 Å². The maximum atomic E-state index is 12.7. The summed E-state index contributed by atoms with van der Waals surface area (Å²) in [6, 6.07) is 12.3. The average Bonchev–Trinajstić information content (AvgIpc) is 3.41. The first kappa shape index (κ1) is 58.6. The highest BCUT2D eigenvalue weighted by atomic mass is 35.5. The van der Waals surface area contributed by atoms with E-state index in [2.05, 4.69) is 27.0 Å². The summed E-state index contributed by atoms with van der Waals surface area (Å²) < 4.78 is 25.5. The topological polar surface area (TPSA) is 169 Å². The lowest BCUT2D eigenvalue weighted by atomic mass is 9.69. The summed E-state index contributed by atoms with van der Waals surface area (Å²) >= 11 is 5.59. The van der Waals surface area contributed by atoms with Crippen LogP contribution in [0.15, 0.2) is 73.8 Å². The molecule has 0 bridgehead atoms. The van der Waals surface area contributed by atoms with Crippen LogP contribution in [0.4, 0.5) is 0 Å². The van der Waals surface area contributed by atoms with Gasteiger partial charge in [-0.05, 0) is 198 Å². The zero-order chi connectivity index (χ0) is 51.4. The molecule has 4 fully saturated rings. The zero-order valence-corrected chi connectivity index (χ0v) is 43.3. The number of hydrogen-bond donors (Lipinski definition) is 1. The van der Waals surface area contributed by atoms with E-state index in [1.165, 1.54) is 101 Å². The Morgan fingerprint density at radius 1 is 0.507 bits per heavy atom. The van der Waals surface area contributed by atoms with Gasteiger partial charge in [0.2, 0.25) is 5.24 Å². The van der Waals surface area contributed by atoms with Crippen molar-refractivity contribution in [3.05, 3.63) is 85.0 Å². The predicted molar refractivity (Wildman–Crippen MR) is 275 cm³/mol. The lowest BCUT2D eigenvalue weighted by Crippen LogP contribution is -2.30. The Morgan fingerprint density at radius 2 is 0.845 bits per heavy atom. The molecule has 0 aliphatic heterocycles. The predicted octanol–water partition coefficient (Wildman–Crippen LogP) is 13.1. The highest BCUT2D eigenvalue weighted by molar-refractivity contribution is 6.64. The fraction of sp³-hybridized carbons (Fsp3) is 0.621. The van der Waals surface area contributed by atoms with Gasteiger partial charge < -0.3 is 28.8 Å². The molecule has 12 nitrogen and oxygen atoms in total. The molecule has 0 amide bonds. The van der Waals surface area contributed by atoms with E-state index in [1.807, 2.05) is 0 Å². The Labute approximate surface area is 428 Å². The third-order valence-electron chi connectivity index (χ3n) is 15.2. The third kappa shape index (κ3) is 21.7. The molecule has 4 aliphatic carbocycles. The molecule has 0 aromatic heterocycles. The van der Waals surface area contributed by atoms with Gasteiger partial charge in [0.25, 0.3) is 0 Å². The van der Waals surface area contributed by atoms with Crippen LogP contribution in [-0.4, -0.2) is 66.6 Å². The molecule has 2 aromatic rings. The van der Waals surface area contributed by atoms with Crippen LogP contribution in [0, 0.1) is 47.3 Å². The van der Waals surface area contributed by atoms with Gasteiger partial charge in [0, 0.05) is 18.1 Å². The van der Waals surface area contributed by atoms with Crippen molar-refractivity contribution in [3.8, 4) is 11.5 Å². The minimum absolute atomic E-state index is 0.0337. The van der Waals surface area contributed by atoms with Crippen LogP contribution in [0.1, 0.15) is 176 Å². The average molecular weight is 1010 g/mol. The second-order valence-electron chi connectivity index (χ2n) is 19.8. The van der Waals surface area contributed by atoms with Gasteiger partial charge in [-0.2, -0.15) is 0 Å². The van der Waals surface area contributed by atoms with Gasteiger partial charge in [-0.1, -0.05) is 65.5 Å². The maximum Gasteiger partial charge on any atom is 0.338 e. The van der Waals surface area contributed by atoms with Crippen LogP contribution in [0.2, 0.25) is 0 Å². The Kier molecular flexibility index (Phi) is 27.1. The maximum absolute atomic E-state index is 12.7. The van der Waals surface area contributed by atoms with Gasteiger partial charge in [0.1, 0.15) is 11.5 Å². The van der Waals surface area contributed by atoms with Crippen molar-refractivity contribution < 1.29 is 57.6 Å². The molecule has 392 valence electrons. The summed E-state index contributed by atoms with van der Waals surface area (Å²) in [6.07, 6.45) is 27.2. The van der Waals surface area contributed by atoms with Crippen LogP contribution in [0.3, 0.4) is 0 Å². The van der Waals surface area contributed by atoms with E-state index < -0.39 is 23.9 Å².